The van der Waals surface area contributed by atoms with Crippen molar-refractivity contribution >= 4 is 5.69 Å². The summed E-state index contributed by atoms with van der Waals surface area (Å²) in [6.45, 7) is 3.69. The summed E-state index contributed by atoms with van der Waals surface area (Å²) in [5, 5.41) is 9.06. The van der Waals surface area contributed by atoms with Gasteiger partial charge in [-0.3, -0.25) is 0 Å². The Labute approximate surface area is 107 Å². The minimum atomic E-state index is -0.456. The molecular formula is C14H17FN2O. The maximum absolute atomic E-state index is 13.6. The van der Waals surface area contributed by atoms with Crippen molar-refractivity contribution in [2.24, 2.45) is 5.92 Å². The molecule has 0 N–H and O–H groups in total. The average Bonchev–Trinajstić information content (AvgIpc) is 2.39. The van der Waals surface area contributed by atoms with Gasteiger partial charge in [0.25, 0.3) is 0 Å². The molecule has 1 aliphatic rings. The van der Waals surface area contributed by atoms with Gasteiger partial charge in [0.1, 0.15) is 17.4 Å². The fraction of sp³-hybridized carbons (Fsp3) is 0.500. The molecule has 1 fully saturated rings. The number of halogens is 1. The van der Waals surface area contributed by atoms with E-state index in [1.807, 2.05) is 11.0 Å². The Hall–Kier alpha value is -1.60. The van der Waals surface area contributed by atoms with E-state index in [2.05, 4.69) is 6.92 Å². The Kier molecular flexibility index (Phi) is 3.83. The van der Waals surface area contributed by atoms with E-state index in [0.717, 1.165) is 13.0 Å². The van der Waals surface area contributed by atoms with E-state index in [-0.39, 0.29) is 11.7 Å². The van der Waals surface area contributed by atoms with E-state index >= 15 is 0 Å². The lowest BCUT2D eigenvalue weighted by Crippen LogP contribution is -2.44. The van der Waals surface area contributed by atoms with Crippen LogP contribution in [0.4, 0.5) is 10.1 Å². The van der Waals surface area contributed by atoms with Gasteiger partial charge in [-0.2, -0.15) is 5.26 Å². The fourth-order valence-corrected chi connectivity index (χ4v) is 2.45. The van der Waals surface area contributed by atoms with Crippen LogP contribution in [0.3, 0.4) is 0 Å². The van der Waals surface area contributed by atoms with E-state index in [1.54, 1.807) is 19.2 Å². The van der Waals surface area contributed by atoms with Gasteiger partial charge in [-0.05, 0) is 24.5 Å². The van der Waals surface area contributed by atoms with Gasteiger partial charge in [0.15, 0.2) is 0 Å². The molecule has 1 saturated heterocycles. The van der Waals surface area contributed by atoms with Crippen LogP contribution >= 0.6 is 0 Å². The molecule has 0 saturated carbocycles. The first-order valence-electron chi connectivity index (χ1n) is 6.13. The summed E-state index contributed by atoms with van der Waals surface area (Å²) < 4.78 is 19.0. The summed E-state index contributed by atoms with van der Waals surface area (Å²) in [6, 6.07) is 6.71. The van der Waals surface area contributed by atoms with Crippen molar-refractivity contribution in [1.29, 1.82) is 5.26 Å². The number of hydrogen-bond donors (Lipinski definition) is 0. The summed E-state index contributed by atoms with van der Waals surface area (Å²) in [5.41, 5.74) is 0.799. The van der Waals surface area contributed by atoms with Crippen LogP contribution < -0.4 is 4.90 Å². The molecule has 96 valence electrons. The zero-order valence-corrected chi connectivity index (χ0v) is 10.7. The topological polar surface area (TPSA) is 36.3 Å². The SMILES string of the molecule is COC1CN(c2cccc(F)c2C#N)CCC1C. The van der Waals surface area contributed by atoms with Gasteiger partial charge < -0.3 is 9.64 Å². The van der Waals surface area contributed by atoms with Gasteiger partial charge in [-0.1, -0.05) is 13.0 Å². The molecule has 2 atom stereocenters. The number of methoxy groups -OCH3 is 1. The highest BCUT2D eigenvalue weighted by Crippen LogP contribution is 2.28. The predicted molar refractivity (Wildman–Crippen MR) is 67.9 cm³/mol. The van der Waals surface area contributed by atoms with Crippen molar-refractivity contribution in [3.8, 4) is 6.07 Å². The van der Waals surface area contributed by atoms with E-state index in [4.69, 9.17) is 10.00 Å². The number of piperidine rings is 1. The molecule has 4 heteroatoms. The lowest BCUT2D eigenvalue weighted by Gasteiger charge is -2.37. The van der Waals surface area contributed by atoms with Crippen LogP contribution in [0.25, 0.3) is 0 Å². The molecule has 0 aliphatic carbocycles. The van der Waals surface area contributed by atoms with Crippen LogP contribution in [0.2, 0.25) is 0 Å². The van der Waals surface area contributed by atoms with E-state index in [1.165, 1.54) is 6.07 Å². The van der Waals surface area contributed by atoms with Crippen molar-refractivity contribution in [1.82, 2.24) is 0 Å². The van der Waals surface area contributed by atoms with Crippen LogP contribution in [0, 0.1) is 23.1 Å². The van der Waals surface area contributed by atoms with E-state index < -0.39 is 5.82 Å². The van der Waals surface area contributed by atoms with Crippen LogP contribution in [0.15, 0.2) is 18.2 Å². The Morgan fingerprint density at radius 3 is 2.94 bits per heavy atom. The summed E-state index contributed by atoms with van der Waals surface area (Å²) in [7, 11) is 1.70. The molecule has 1 heterocycles. The molecule has 1 aliphatic heterocycles. The number of benzene rings is 1. The fourth-order valence-electron chi connectivity index (χ4n) is 2.45. The van der Waals surface area contributed by atoms with E-state index in [9.17, 15) is 4.39 Å². The lowest BCUT2D eigenvalue weighted by atomic mass is 9.95. The third-order valence-electron chi connectivity index (χ3n) is 3.64. The standard InChI is InChI=1S/C14H17FN2O/c1-10-6-7-17(9-14(10)18-2)13-5-3-4-12(15)11(13)8-16/h3-5,10,14H,6-7,9H2,1-2H3. The van der Waals surface area contributed by atoms with Gasteiger partial charge in [0, 0.05) is 20.2 Å². The molecule has 0 radical (unpaired) electrons. The quantitative estimate of drug-likeness (QED) is 0.807. The lowest BCUT2D eigenvalue weighted by molar-refractivity contribution is 0.0498. The third kappa shape index (κ3) is 2.32. The summed E-state index contributed by atoms with van der Waals surface area (Å²) in [4.78, 5) is 2.04. The zero-order valence-electron chi connectivity index (χ0n) is 10.7. The number of nitrogens with zero attached hydrogens (tertiary/aromatic N) is 2. The van der Waals surface area contributed by atoms with Gasteiger partial charge in [-0.15, -0.1) is 0 Å². The second kappa shape index (κ2) is 5.36. The molecule has 1 aromatic carbocycles. The van der Waals surface area contributed by atoms with Crippen molar-refractivity contribution < 1.29 is 9.13 Å². The van der Waals surface area contributed by atoms with Gasteiger partial charge in [0.05, 0.1) is 11.8 Å². The molecule has 18 heavy (non-hydrogen) atoms. The first kappa shape index (κ1) is 12.8. The predicted octanol–water partition coefficient (Wildman–Crippen LogP) is 2.56. The highest BCUT2D eigenvalue weighted by molar-refractivity contribution is 5.60. The first-order valence-corrected chi connectivity index (χ1v) is 6.13. The van der Waals surface area contributed by atoms with E-state index in [0.29, 0.717) is 18.2 Å². The molecule has 0 aromatic heterocycles. The number of anilines is 1. The van der Waals surface area contributed by atoms with Crippen molar-refractivity contribution in [2.45, 2.75) is 19.4 Å². The monoisotopic (exact) mass is 248 g/mol. The first-order chi connectivity index (χ1) is 8.67. The van der Waals surface area contributed by atoms with Gasteiger partial charge in [0.2, 0.25) is 0 Å². The Morgan fingerprint density at radius 2 is 2.28 bits per heavy atom. The van der Waals surface area contributed by atoms with Crippen LogP contribution in [-0.4, -0.2) is 26.3 Å². The van der Waals surface area contributed by atoms with Crippen molar-refractivity contribution in [3.05, 3.63) is 29.6 Å². The Bertz CT molecular complexity index is 469. The smallest absolute Gasteiger partial charge is 0.143 e. The highest BCUT2D eigenvalue weighted by Gasteiger charge is 2.27. The molecule has 1 aromatic rings. The average molecular weight is 248 g/mol. The second-order valence-electron chi connectivity index (χ2n) is 4.73. The second-order valence-corrected chi connectivity index (χ2v) is 4.73. The van der Waals surface area contributed by atoms with Crippen LogP contribution in [0.1, 0.15) is 18.9 Å². The van der Waals surface area contributed by atoms with Crippen molar-refractivity contribution in [3.63, 3.8) is 0 Å². The maximum Gasteiger partial charge on any atom is 0.143 e. The number of rotatable bonds is 2. The molecule has 2 rings (SSSR count). The number of ether oxygens (including phenoxy) is 1. The summed E-state index contributed by atoms with van der Waals surface area (Å²) >= 11 is 0. The molecule has 0 bridgehead atoms. The maximum atomic E-state index is 13.6. The summed E-state index contributed by atoms with van der Waals surface area (Å²) in [6.07, 6.45) is 1.12. The van der Waals surface area contributed by atoms with Crippen LogP contribution in [-0.2, 0) is 4.74 Å². The summed E-state index contributed by atoms with van der Waals surface area (Å²) in [5.74, 6) is 0.0351. The molecule has 0 amide bonds. The molecule has 2 unspecified atom stereocenters. The highest BCUT2D eigenvalue weighted by atomic mass is 19.1. The minimum Gasteiger partial charge on any atom is -0.379 e. The van der Waals surface area contributed by atoms with Crippen LogP contribution in [0.5, 0.6) is 0 Å². The number of hydrogen-bond acceptors (Lipinski definition) is 3. The van der Waals surface area contributed by atoms with Gasteiger partial charge >= 0.3 is 0 Å². The zero-order chi connectivity index (χ0) is 13.1. The Morgan fingerprint density at radius 1 is 1.50 bits per heavy atom. The minimum absolute atomic E-state index is 0.127. The molecule has 3 nitrogen and oxygen atoms in total. The normalized spacial score (nSPS) is 23.8. The van der Waals surface area contributed by atoms with Gasteiger partial charge in [-0.25, -0.2) is 4.39 Å². The van der Waals surface area contributed by atoms with Crippen molar-refractivity contribution in [2.75, 3.05) is 25.1 Å². The third-order valence-corrected chi connectivity index (χ3v) is 3.64. The Balaban J connectivity index is 2.28. The molecular weight excluding hydrogens is 231 g/mol. The molecule has 0 spiro atoms. The number of nitriles is 1. The largest absolute Gasteiger partial charge is 0.379 e.